The third-order valence-corrected chi connectivity index (χ3v) is 2.85. The van der Waals surface area contributed by atoms with E-state index < -0.39 is 5.97 Å². The zero-order chi connectivity index (χ0) is 13.8. The van der Waals surface area contributed by atoms with Gasteiger partial charge in [-0.3, -0.25) is 0 Å². The minimum absolute atomic E-state index is 0.220. The Hall–Kier alpha value is -2.07. The van der Waals surface area contributed by atoms with Crippen molar-refractivity contribution >= 4 is 23.3 Å². The summed E-state index contributed by atoms with van der Waals surface area (Å²) in [4.78, 5) is 10.7. The molecule has 19 heavy (non-hydrogen) atoms. The van der Waals surface area contributed by atoms with Gasteiger partial charge in [0.25, 0.3) is 0 Å². The van der Waals surface area contributed by atoms with Gasteiger partial charge in [0.1, 0.15) is 5.82 Å². The lowest BCUT2D eigenvalue weighted by atomic mass is 10.1. The zero-order valence-electron chi connectivity index (χ0n) is 9.86. The zero-order valence-corrected chi connectivity index (χ0v) is 10.6. The molecule has 2 aromatic carbocycles. The van der Waals surface area contributed by atoms with Gasteiger partial charge in [-0.25, -0.2) is 9.18 Å². The summed E-state index contributed by atoms with van der Waals surface area (Å²) >= 11 is 5.78. The third kappa shape index (κ3) is 3.45. The SMILES string of the molecule is O=C(O)c1ccc(CNc2cc(Cl)ccc2F)cc1. The van der Waals surface area contributed by atoms with E-state index in [2.05, 4.69) is 5.32 Å². The fourth-order valence-corrected chi connectivity index (χ4v) is 1.77. The molecule has 0 aromatic heterocycles. The second-order valence-electron chi connectivity index (χ2n) is 3.98. The van der Waals surface area contributed by atoms with E-state index in [4.69, 9.17) is 16.7 Å². The van der Waals surface area contributed by atoms with E-state index in [1.54, 1.807) is 12.1 Å². The Morgan fingerprint density at radius 2 is 1.89 bits per heavy atom. The van der Waals surface area contributed by atoms with E-state index in [0.29, 0.717) is 17.3 Å². The molecule has 0 radical (unpaired) electrons. The molecule has 0 aliphatic carbocycles. The molecular weight excluding hydrogens is 269 g/mol. The van der Waals surface area contributed by atoms with Crippen LogP contribution in [0.15, 0.2) is 42.5 Å². The Kier molecular flexibility index (Phi) is 4.02. The number of carboxylic acids is 1. The molecule has 98 valence electrons. The van der Waals surface area contributed by atoms with Crippen LogP contribution in [0.2, 0.25) is 5.02 Å². The Labute approximate surface area is 114 Å². The summed E-state index contributed by atoms with van der Waals surface area (Å²) in [6.07, 6.45) is 0. The normalized spacial score (nSPS) is 10.2. The minimum Gasteiger partial charge on any atom is -0.478 e. The maximum Gasteiger partial charge on any atom is 0.335 e. The van der Waals surface area contributed by atoms with Gasteiger partial charge in [-0.15, -0.1) is 0 Å². The van der Waals surface area contributed by atoms with Crippen LogP contribution in [0.3, 0.4) is 0 Å². The number of carboxylic acid groups (broad SMARTS) is 1. The smallest absolute Gasteiger partial charge is 0.335 e. The molecular formula is C14H11ClFNO2. The summed E-state index contributed by atoms with van der Waals surface area (Å²) in [6.45, 7) is 0.386. The van der Waals surface area contributed by atoms with Gasteiger partial charge in [0.2, 0.25) is 0 Å². The standard InChI is InChI=1S/C14H11ClFNO2/c15-11-5-6-12(16)13(7-11)17-8-9-1-3-10(4-2-9)14(18)19/h1-7,17H,8H2,(H,18,19). The number of hydrogen-bond acceptors (Lipinski definition) is 2. The number of halogens is 2. The fourth-order valence-electron chi connectivity index (χ4n) is 1.60. The van der Waals surface area contributed by atoms with Crippen molar-refractivity contribution in [2.75, 3.05) is 5.32 Å². The first kappa shape index (κ1) is 13.4. The first-order chi connectivity index (χ1) is 9.06. The van der Waals surface area contributed by atoms with Crippen LogP contribution in [0.1, 0.15) is 15.9 Å². The van der Waals surface area contributed by atoms with Crippen LogP contribution in [0.5, 0.6) is 0 Å². The Morgan fingerprint density at radius 3 is 2.53 bits per heavy atom. The lowest BCUT2D eigenvalue weighted by Crippen LogP contribution is -2.02. The summed E-state index contributed by atoms with van der Waals surface area (Å²) in [7, 11) is 0. The quantitative estimate of drug-likeness (QED) is 0.895. The molecule has 2 rings (SSSR count). The van der Waals surface area contributed by atoms with E-state index in [1.807, 2.05) is 0 Å². The average Bonchev–Trinajstić information content (AvgIpc) is 2.40. The van der Waals surface area contributed by atoms with Crippen molar-refractivity contribution in [3.63, 3.8) is 0 Å². The van der Waals surface area contributed by atoms with Gasteiger partial charge >= 0.3 is 5.97 Å². The average molecular weight is 280 g/mol. The van der Waals surface area contributed by atoms with Crippen LogP contribution in [0, 0.1) is 5.82 Å². The minimum atomic E-state index is -0.972. The van der Waals surface area contributed by atoms with Gasteiger partial charge < -0.3 is 10.4 Å². The van der Waals surface area contributed by atoms with E-state index in [9.17, 15) is 9.18 Å². The Morgan fingerprint density at radius 1 is 1.21 bits per heavy atom. The largest absolute Gasteiger partial charge is 0.478 e. The van der Waals surface area contributed by atoms with Gasteiger partial charge in [0, 0.05) is 11.6 Å². The lowest BCUT2D eigenvalue weighted by Gasteiger charge is -2.08. The Bertz CT molecular complexity index is 599. The topological polar surface area (TPSA) is 49.3 Å². The molecule has 0 atom stereocenters. The highest BCUT2D eigenvalue weighted by Gasteiger charge is 2.04. The molecule has 0 saturated carbocycles. The molecule has 0 aliphatic rings. The highest BCUT2D eigenvalue weighted by atomic mass is 35.5. The van der Waals surface area contributed by atoms with Gasteiger partial charge in [-0.05, 0) is 35.9 Å². The van der Waals surface area contributed by atoms with Crippen LogP contribution in [0.25, 0.3) is 0 Å². The molecule has 0 unspecified atom stereocenters. The first-order valence-corrected chi connectivity index (χ1v) is 5.95. The second-order valence-corrected chi connectivity index (χ2v) is 4.42. The van der Waals surface area contributed by atoms with Crippen molar-refractivity contribution in [3.8, 4) is 0 Å². The molecule has 0 heterocycles. The lowest BCUT2D eigenvalue weighted by molar-refractivity contribution is 0.0697. The predicted octanol–water partition coefficient (Wildman–Crippen LogP) is 3.79. The molecule has 0 saturated heterocycles. The highest BCUT2D eigenvalue weighted by Crippen LogP contribution is 2.20. The first-order valence-electron chi connectivity index (χ1n) is 5.57. The van der Waals surface area contributed by atoms with Crippen LogP contribution in [-0.2, 0) is 6.54 Å². The van der Waals surface area contributed by atoms with Crippen molar-refractivity contribution in [2.24, 2.45) is 0 Å². The number of carbonyl (C=O) groups is 1. The van der Waals surface area contributed by atoms with Crippen molar-refractivity contribution in [2.45, 2.75) is 6.54 Å². The molecule has 2 N–H and O–H groups in total. The summed E-state index contributed by atoms with van der Waals surface area (Å²) in [5, 5.41) is 12.1. The monoisotopic (exact) mass is 279 g/mol. The van der Waals surface area contributed by atoms with Crippen LogP contribution in [-0.4, -0.2) is 11.1 Å². The molecule has 0 amide bonds. The maximum atomic E-state index is 13.4. The maximum absolute atomic E-state index is 13.4. The van der Waals surface area contributed by atoms with Gasteiger partial charge in [-0.1, -0.05) is 23.7 Å². The number of nitrogens with one attached hydrogen (secondary N) is 1. The van der Waals surface area contributed by atoms with Crippen molar-refractivity contribution in [1.82, 2.24) is 0 Å². The summed E-state index contributed by atoms with van der Waals surface area (Å²) in [6, 6.07) is 10.6. The van der Waals surface area contributed by atoms with Gasteiger partial charge in [0.05, 0.1) is 11.3 Å². The molecule has 3 nitrogen and oxygen atoms in total. The van der Waals surface area contributed by atoms with Gasteiger partial charge in [-0.2, -0.15) is 0 Å². The number of rotatable bonds is 4. The van der Waals surface area contributed by atoms with Crippen LogP contribution in [0.4, 0.5) is 10.1 Å². The molecule has 0 fully saturated rings. The van der Waals surface area contributed by atoms with Gasteiger partial charge in [0.15, 0.2) is 0 Å². The molecule has 0 spiro atoms. The van der Waals surface area contributed by atoms with Crippen LogP contribution >= 0.6 is 11.6 Å². The van der Waals surface area contributed by atoms with Crippen LogP contribution < -0.4 is 5.32 Å². The predicted molar refractivity (Wildman–Crippen MR) is 72.1 cm³/mol. The van der Waals surface area contributed by atoms with Crippen molar-refractivity contribution in [3.05, 3.63) is 64.4 Å². The summed E-state index contributed by atoms with van der Waals surface area (Å²) in [5.74, 6) is -1.35. The fraction of sp³-hybridized carbons (Fsp3) is 0.0714. The summed E-state index contributed by atoms with van der Waals surface area (Å²) in [5.41, 5.74) is 1.39. The molecule has 0 aliphatic heterocycles. The molecule has 5 heteroatoms. The second kappa shape index (κ2) is 5.71. The third-order valence-electron chi connectivity index (χ3n) is 2.61. The number of hydrogen-bond donors (Lipinski definition) is 2. The van der Waals surface area contributed by atoms with E-state index >= 15 is 0 Å². The van der Waals surface area contributed by atoms with E-state index in [-0.39, 0.29) is 11.4 Å². The number of aromatic carboxylic acids is 1. The van der Waals surface area contributed by atoms with Crippen molar-refractivity contribution < 1.29 is 14.3 Å². The van der Waals surface area contributed by atoms with E-state index in [0.717, 1.165) is 5.56 Å². The van der Waals surface area contributed by atoms with Crippen molar-refractivity contribution in [1.29, 1.82) is 0 Å². The molecule has 2 aromatic rings. The van der Waals surface area contributed by atoms with E-state index in [1.165, 1.54) is 30.3 Å². The summed E-state index contributed by atoms with van der Waals surface area (Å²) < 4.78 is 13.4. The highest BCUT2D eigenvalue weighted by molar-refractivity contribution is 6.30. The number of benzene rings is 2. The molecule has 0 bridgehead atoms. The Balaban J connectivity index is 2.06. The number of anilines is 1.